The fourth-order valence-electron chi connectivity index (χ4n) is 3.90. The average Bonchev–Trinajstić information content (AvgIpc) is 2.84. The number of carbonyl (C=O) groups excluding carboxylic acids is 1. The van der Waals surface area contributed by atoms with Crippen molar-refractivity contribution in [3.05, 3.63) is 72.8 Å². The smallest absolute Gasteiger partial charge is 0.303 e. The molecule has 0 amide bonds. The Labute approximate surface area is 192 Å². The third kappa shape index (κ3) is 5.54. The Morgan fingerprint density at radius 2 is 1.79 bits per heavy atom. The first kappa shape index (κ1) is 23.3. The maximum atomic E-state index is 12.0. The largest absolute Gasteiger partial charge is 0.497 e. The summed E-state index contributed by atoms with van der Waals surface area (Å²) in [6.07, 6.45) is -2.48. The molecule has 33 heavy (non-hydrogen) atoms. The van der Waals surface area contributed by atoms with Crippen LogP contribution in [0.15, 0.2) is 67.3 Å². The van der Waals surface area contributed by atoms with Crippen molar-refractivity contribution in [3.8, 4) is 11.5 Å². The molecule has 176 valence electrons. The van der Waals surface area contributed by atoms with E-state index in [1.165, 1.54) is 6.92 Å². The first-order chi connectivity index (χ1) is 16.1. The van der Waals surface area contributed by atoms with E-state index < -0.39 is 43.0 Å². The summed E-state index contributed by atoms with van der Waals surface area (Å²) < 4.78 is 41.3. The molecule has 2 fully saturated rings. The van der Waals surface area contributed by atoms with Gasteiger partial charge < -0.3 is 33.2 Å². The van der Waals surface area contributed by atoms with Crippen molar-refractivity contribution in [2.75, 3.05) is 20.3 Å². The lowest BCUT2D eigenvalue weighted by Gasteiger charge is -2.48. The zero-order valence-electron chi connectivity index (χ0n) is 18.6. The summed E-state index contributed by atoms with van der Waals surface area (Å²) in [5.74, 6) is 0.736. The van der Waals surface area contributed by atoms with Gasteiger partial charge in [-0.3, -0.25) is 4.79 Å². The van der Waals surface area contributed by atoms with Crippen LogP contribution in [-0.2, 0) is 28.5 Å². The molecule has 4 rings (SSSR count). The lowest BCUT2D eigenvalue weighted by atomic mass is 9.97. The predicted molar refractivity (Wildman–Crippen MR) is 118 cm³/mol. The molecule has 2 aromatic carbocycles. The molecule has 2 saturated heterocycles. The Hall–Kier alpha value is -2.91. The number of benzene rings is 2. The first-order valence-corrected chi connectivity index (χ1v) is 10.8. The molecule has 0 radical (unpaired) electrons. The van der Waals surface area contributed by atoms with E-state index >= 15 is 0 Å². The summed E-state index contributed by atoms with van der Waals surface area (Å²) in [6, 6.07) is 16.6. The molecule has 0 aliphatic carbocycles. The van der Waals surface area contributed by atoms with Gasteiger partial charge in [-0.05, 0) is 24.3 Å². The van der Waals surface area contributed by atoms with Gasteiger partial charge in [0.2, 0.25) is 6.29 Å². The van der Waals surface area contributed by atoms with Gasteiger partial charge in [-0.15, -0.1) is 6.58 Å². The Morgan fingerprint density at radius 3 is 2.45 bits per heavy atom. The maximum absolute atomic E-state index is 12.0. The SMILES string of the molecule is C=CCO[C@@H]1[C@@H](OC(C)=O)[C@H](Oc2ccc(OC)cc2)O[C@@H]2CO[C@@H](c3ccccc3)O[C@@H]12. The molecule has 0 aromatic heterocycles. The van der Waals surface area contributed by atoms with Crippen molar-refractivity contribution in [1.29, 1.82) is 0 Å². The molecule has 8 heteroatoms. The van der Waals surface area contributed by atoms with Crippen LogP contribution in [0.5, 0.6) is 11.5 Å². The summed E-state index contributed by atoms with van der Waals surface area (Å²) >= 11 is 0. The minimum Gasteiger partial charge on any atom is -0.497 e. The molecule has 0 bridgehead atoms. The topological polar surface area (TPSA) is 81.7 Å². The van der Waals surface area contributed by atoms with Crippen LogP contribution in [0.25, 0.3) is 0 Å². The van der Waals surface area contributed by atoms with E-state index in [4.69, 9.17) is 33.2 Å². The molecule has 0 saturated carbocycles. The van der Waals surface area contributed by atoms with E-state index in [0.717, 1.165) is 5.56 Å². The Kier molecular flexibility index (Phi) is 7.61. The molecule has 2 aliphatic heterocycles. The van der Waals surface area contributed by atoms with Crippen molar-refractivity contribution in [2.45, 2.75) is 43.9 Å². The Balaban J connectivity index is 1.59. The minimum absolute atomic E-state index is 0.237. The summed E-state index contributed by atoms with van der Waals surface area (Å²) in [5, 5.41) is 0. The second kappa shape index (κ2) is 10.8. The molecular weight excluding hydrogens is 428 g/mol. The van der Waals surface area contributed by atoms with E-state index in [1.807, 2.05) is 30.3 Å². The first-order valence-electron chi connectivity index (χ1n) is 10.8. The van der Waals surface area contributed by atoms with Crippen LogP contribution in [0.4, 0.5) is 0 Å². The van der Waals surface area contributed by atoms with E-state index in [-0.39, 0.29) is 13.2 Å². The van der Waals surface area contributed by atoms with Crippen LogP contribution in [0.2, 0.25) is 0 Å². The third-order valence-electron chi connectivity index (χ3n) is 5.38. The number of carbonyl (C=O) groups is 1. The second-order valence-corrected chi connectivity index (χ2v) is 7.67. The lowest BCUT2D eigenvalue weighted by Crippen LogP contribution is -2.64. The van der Waals surface area contributed by atoms with Gasteiger partial charge in [0.1, 0.15) is 29.8 Å². The lowest BCUT2D eigenvalue weighted by molar-refractivity contribution is -0.354. The molecule has 2 heterocycles. The van der Waals surface area contributed by atoms with Crippen LogP contribution in [0, 0.1) is 0 Å². The highest BCUT2D eigenvalue weighted by Gasteiger charge is 2.53. The molecule has 2 aromatic rings. The zero-order chi connectivity index (χ0) is 23.2. The standard InChI is InChI=1S/C25H28O8/c1-4-14-28-22-21-20(15-29-24(33-21)17-8-6-5-7-9-17)32-25(23(22)30-16(2)26)31-19-12-10-18(27-3)11-13-19/h4-13,20-25H,1,14-15H2,2-3H3/t20-,21-,22+,23-,24-,25-/m1/s1. The molecule has 0 unspecified atom stereocenters. The number of hydrogen-bond donors (Lipinski definition) is 0. The van der Waals surface area contributed by atoms with Crippen LogP contribution in [0.3, 0.4) is 0 Å². The van der Waals surface area contributed by atoms with Gasteiger partial charge in [-0.2, -0.15) is 0 Å². The fraction of sp³-hybridized carbons (Fsp3) is 0.400. The van der Waals surface area contributed by atoms with Crippen LogP contribution in [0.1, 0.15) is 18.8 Å². The van der Waals surface area contributed by atoms with Gasteiger partial charge in [-0.25, -0.2) is 0 Å². The van der Waals surface area contributed by atoms with Crippen LogP contribution >= 0.6 is 0 Å². The van der Waals surface area contributed by atoms with Crippen LogP contribution in [-0.4, -0.2) is 57.0 Å². The van der Waals surface area contributed by atoms with Gasteiger partial charge in [0, 0.05) is 12.5 Å². The fourth-order valence-corrected chi connectivity index (χ4v) is 3.90. The van der Waals surface area contributed by atoms with E-state index in [0.29, 0.717) is 11.5 Å². The van der Waals surface area contributed by atoms with Gasteiger partial charge in [-0.1, -0.05) is 36.4 Å². The maximum Gasteiger partial charge on any atom is 0.303 e. The van der Waals surface area contributed by atoms with Crippen LogP contribution < -0.4 is 9.47 Å². The highest BCUT2D eigenvalue weighted by atomic mass is 16.8. The minimum atomic E-state index is -0.932. The van der Waals surface area contributed by atoms with Crippen molar-refractivity contribution < 1.29 is 38.0 Å². The predicted octanol–water partition coefficient (Wildman–Crippen LogP) is 3.42. The summed E-state index contributed by atoms with van der Waals surface area (Å²) in [7, 11) is 1.59. The molecule has 8 nitrogen and oxygen atoms in total. The quantitative estimate of drug-likeness (QED) is 0.442. The highest BCUT2D eigenvalue weighted by Crippen LogP contribution is 2.37. The molecular formula is C25H28O8. The zero-order valence-corrected chi connectivity index (χ0v) is 18.6. The number of methoxy groups -OCH3 is 1. The van der Waals surface area contributed by atoms with Crippen molar-refractivity contribution in [2.24, 2.45) is 0 Å². The van der Waals surface area contributed by atoms with Gasteiger partial charge in [0.25, 0.3) is 0 Å². The summed E-state index contributed by atoms with van der Waals surface area (Å²) in [6.45, 7) is 5.55. The van der Waals surface area contributed by atoms with Gasteiger partial charge >= 0.3 is 5.97 Å². The second-order valence-electron chi connectivity index (χ2n) is 7.67. The number of hydrogen-bond acceptors (Lipinski definition) is 8. The summed E-state index contributed by atoms with van der Waals surface area (Å²) in [5.41, 5.74) is 0.874. The monoisotopic (exact) mass is 456 g/mol. The number of rotatable bonds is 8. The van der Waals surface area contributed by atoms with Crippen molar-refractivity contribution >= 4 is 5.97 Å². The third-order valence-corrected chi connectivity index (χ3v) is 5.38. The Morgan fingerprint density at radius 1 is 1.06 bits per heavy atom. The number of esters is 1. The van der Waals surface area contributed by atoms with Gasteiger partial charge in [0.15, 0.2) is 12.4 Å². The van der Waals surface area contributed by atoms with E-state index in [9.17, 15) is 4.79 Å². The van der Waals surface area contributed by atoms with Crippen molar-refractivity contribution in [1.82, 2.24) is 0 Å². The Bertz CT molecular complexity index is 916. The highest BCUT2D eigenvalue weighted by molar-refractivity contribution is 5.66. The molecule has 0 N–H and O–H groups in total. The van der Waals surface area contributed by atoms with E-state index in [2.05, 4.69) is 6.58 Å². The van der Waals surface area contributed by atoms with Crippen molar-refractivity contribution in [3.63, 3.8) is 0 Å². The molecule has 0 spiro atoms. The molecule has 6 atom stereocenters. The number of ether oxygens (including phenoxy) is 7. The summed E-state index contributed by atoms with van der Waals surface area (Å²) in [4.78, 5) is 12.0. The number of fused-ring (bicyclic) bond motifs is 1. The van der Waals surface area contributed by atoms with E-state index in [1.54, 1.807) is 37.5 Å². The van der Waals surface area contributed by atoms with Gasteiger partial charge in [0.05, 0.1) is 20.3 Å². The average molecular weight is 456 g/mol. The normalized spacial score (nSPS) is 28.9. The molecule has 2 aliphatic rings.